The maximum Gasteiger partial charge on any atom is 0.0406 e. The Labute approximate surface area is 120 Å². The molecule has 100 valence electrons. The van der Waals surface area contributed by atoms with E-state index < -0.39 is 0 Å². The smallest absolute Gasteiger partial charge is 0.0406 e. The van der Waals surface area contributed by atoms with Gasteiger partial charge in [-0.05, 0) is 43.1 Å². The highest BCUT2D eigenvalue weighted by Gasteiger charge is 2.21. The summed E-state index contributed by atoms with van der Waals surface area (Å²) in [5, 5.41) is 4.43. The number of hydrogen-bond acceptors (Lipinski definition) is 2. The fourth-order valence-corrected chi connectivity index (χ4v) is 3.46. The van der Waals surface area contributed by atoms with Crippen LogP contribution in [0.5, 0.6) is 0 Å². The lowest BCUT2D eigenvalue weighted by atomic mass is 9.81. The molecule has 0 amide bonds. The molecule has 1 atom stereocenters. The highest BCUT2D eigenvalue weighted by Crippen LogP contribution is 2.32. The highest BCUT2D eigenvalue weighted by atomic mass is 35.5. The predicted molar refractivity (Wildman–Crippen MR) is 81.6 cm³/mol. The van der Waals surface area contributed by atoms with E-state index in [2.05, 4.69) is 24.4 Å². The minimum Gasteiger partial charge on any atom is -0.313 e. The van der Waals surface area contributed by atoms with Gasteiger partial charge in [0.15, 0.2) is 0 Å². The van der Waals surface area contributed by atoms with Gasteiger partial charge in [-0.2, -0.15) is 0 Å². The molecule has 18 heavy (non-hydrogen) atoms. The molecule has 1 fully saturated rings. The second-order valence-electron chi connectivity index (χ2n) is 5.05. The van der Waals surface area contributed by atoms with Crippen molar-refractivity contribution in [1.29, 1.82) is 0 Å². The average Bonchev–Trinajstić information content (AvgIpc) is 2.32. The zero-order chi connectivity index (χ0) is 12.8. The predicted octanol–water partition coefficient (Wildman–Crippen LogP) is 4.60. The summed E-state index contributed by atoms with van der Waals surface area (Å²) in [6.45, 7) is 3.26. The second kappa shape index (κ2) is 7.42. The number of halogens is 1. The van der Waals surface area contributed by atoms with E-state index in [1.807, 2.05) is 23.9 Å². The van der Waals surface area contributed by atoms with Crippen LogP contribution in [-0.2, 0) is 0 Å². The van der Waals surface area contributed by atoms with Crippen molar-refractivity contribution < 1.29 is 0 Å². The maximum absolute atomic E-state index is 5.90. The van der Waals surface area contributed by atoms with E-state index in [9.17, 15) is 0 Å². The molecule has 0 radical (unpaired) electrons. The Morgan fingerprint density at radius 2 is 2.06 bits per heavy atom. The van der Waals surface area contributed by atoms with Crippen LogP contribution in [0, 0.1) is 5.92 Å². The van der Waals surface area contributed by atoms with Crippen molar-refractivity contribution in [2.24, 2.45) is 5.92 Å². The van der Waals surface area contributed by atoms with Crippen LogP contribution in [0.25, 0.3) is 0 Å². The number of nitrogens with one attached hydrogen (secondary N) is 1. The molecule has 0 spiro atoms. The van der Waals surface area contributed by atoms with E-state index in [1.54, 1.807) is 0 Å². The number of hydrogen-bond donors (Lipinski definition) is 1. The SMILES string of the molecule is CCNC(CSc1ccc(Cl)cc1)CC1CCC1. The van der Waals surface area contributed by atoms with Crippen LogP contribution in [0.1, 0.15) is 32.6 Å². The second-order valence-corrected chi connectivity index (χ2v) is 6.58. The van der Waals surface area contributed by atoms with Crippen molar-refractivity contribution in [3.8, 4) is 0 Å². The first-order valence-corrected chi connectivity index (χ1v) is 8.26. The van der Waals surface area contributed by atoms with Gasteiger partial charge in [-0.3, -0.25) is 0 Å². The van der Waals surface area contributed by atoms with Crippen molar-refractivity contribution in [3.05, 3.63) is 29.3 Å². The Bertz CT molecular complexity index is 348. The Morgan fingerprint density at radius 3 is 2.61 bits per heavy atom. The third-order valence-electron chi connectivity index (χ3n) is 3.60. The first kappa shape index (κ1) is 14.2. The van der Waals surface area contributed by atoms with Gasteiger partial charge < -0.3 is 5.32 Å². The lowest BCUT2D eigenvalue weighted by molar-refractivity contribution is 0.269. The molecule has 0 aliphatic heterocycles. The Morgan fingerprint density at radius 1 is 1.33 bits per heavy atom. The summed E-state index contributed by atoms with van der Waals surface area (Å²) in [5.41, 5.74) is 0. The van der Waals surface area contributed by atoms with Crippen LogP contribution in [0.15, 0.2) is 29.2 Å². The molecule has 2 rings (SSSR count). The molecule has 1 N–H and O–H groups in total. The number of benzene rings is 1. The molecule has 1 aliphatic rings. The molecular formula is C15H22ClNS. The van der Waals surface area contributed by atoms with Crippen molar-refractivity contribution in [1.82, 2.24) is 5.32 Å². The Hall–Kier alpha value is -0.180. The summed E-state index contributed by atoms with van der Waals surface area (Å²) in [5.74, 6) is 2.13. The third-order valence-corrected chi connectivity index (χ3v) is 5.03. The minimum absolute atomic E-state index is 0.654. The van der Waals surface area contributed by atoms with Crippen LogP contribution in [-0.4, -0.2) is 18.3 Å². The van der Waals surface area contributed by atoms with E-state index in [0.717, 1.165) is 23.2 Å². The molecule has 3 heteroatoms. The summed E-state index contributed by atoms with van der Waals surface area (Å²) in [6.07, 6.45) is 5.66. The zero-order valence-electron chi connectivity index (χ0n) is 11.0. The summed E-state index contributed by atoms with van der Waals surface area (Å²) in [6, 6.07) is 8.82. The van der Waals surface area contributed by atoms with Crippen LogP contribution in [0.2, 0.25) is 5.02 Å². The van der Waals surface area contributed by atoms with Crippen molar-refractivity contribution in [2.75, 3.05) is 12.3 Å². The van der Waals surface area contributed by atoms with E-state index in [0.29, 0.717) is 6.04 Å². The van der Waals surface area contributed by atoms with Gasteiger partial charge in [0.25, 0.3) is 0 Å². The first-order chi connectivity index (χ1) is 8.78. The summed E-state index contributed by atoms with van der Waals surface area (Å²) >= 11 is 7.83. The van der Waals surface area contributed by atoms with Gasteiger partial charge in [0, 0.05) is 21.7 Å². The topological polar surface area (TPSA) is 12.0 Å². The highest BCUT2D eigenvalue weighted by molar-refractivity contribution is 7.99. The lowest BCUT2D eigenvalue weighted by Gasteiger charge is -2.30. The molecule has 0 saturated heterocycles. The van der Waals surface area contributed by atoms with Gasteiger partial charge in [-0.15, -0.1) is 11.8 Å². The summed E-state index contributed by atoms with van der Waals surface area (Å²) in [7, 11) is 0. The zero-order valence-corrected chi connectivity index (χ0v) is 12.6. The Balaban J connectivity index is 1.78. The quantitative estimate of drug-likeness (QED) is 0.734. The molecule has 1 aliphatic carbocycles. The standard InChI is InChI=1S/C15H22ClNS/c1-2-17-14(10-12-4-3-5-12)11-18-15-8-6-13(16)7-9-15/h6-9,12,14,17H,2-5,10-11H2,1H3. The van der Waals surface area contributed by atoms with Crippen molar-refractivity contribution in [2.45, 2.75) is 43.5 Å². The van der Waals surface area contributed by atoms with Gasteiger partial charge in [-0.25, -0.2) is 0 Å². The molecule has 1 aromatic carbocycles. The summed E-state index contributed by atoms with van der Waals surface area (Å²) < 4.78 is 0. The van der Waals surface area contributed by atoms with Crippen LogP contribution >= 0.6 is 23.4 Å². The fourth-order valence-electron chi connectivity index (χ4n) is 2.36. The van der Waals surface area contributed by atoms with E-state index >= 15 is 0 Å². The van der Waals surface area contributed by atoms with E-state index in [1.165, 1.54) is 30.6 Å². The Kier molecular flexibility index (Phi) is 5.87. The minimum atomic E-state index is 0.654. The van der Waals surface area contributed by atoms with Gasteiger partial charge in [-0.1, -0.05) is 37.8 Å². The molecule has 1 nitrogen and oxygen atoms in total. The third kappa shape index (κ3) is 4.49. The monoisotopic (exact) mass is 283 g/mol. The summed E-state index contributed by atoms with van der Waals surface area (Å²) in [4.78, 5) is 1.32. The van der Waals surface area contributed by atoms with Crippen LogP contribution in [0.4, 0.5) is 0 Å². The van der Waals surface area contributed by atoms with Gasteiger partial charge in [0.2, 0.25) is 0 Å². The van der Waals surface area contributed by atoms with Gasteiger partial charge >= 0.3 is 0 Å². The molecular weight excluding hydrogens is 262 g/mol. The van der Waals surface area contributed by atoms with Crippen LogP contribution < -0.4 is 5.32 Å². The maximum atomic E-state index is 5.90. The van der Waals surface area contributed by atoms with Gasteiger partial charge in [0.05, 0.1) is 0 Å². The van der Waals surface area contributed by atoms with E-state index in [4.69, 9.17) is 11.6 Å². The molecule has 1 saturated carbocycles. The van der Waals surface area contributed by atoms with Gasteiger partial charge in [0.1, 0.15) is 0 Å². The molecule has 1 aromatic rings. The average molecular weight is 284 g/mol. The number of rotatable bonds is 7. The molecule has 0 bridgehead atoms. The molecule has 0 heterocycles. The largest absolute Gasteiger partial charge is 0.313 e. The number of thioether (sulfide) groups is 1. The molecule has 0 aromatic heterocycles. The van der Waals surface area contributed by atoms with Crippen molar-refractivity contribution in [3.63, 3.8) is 0 Å². The normalized spacial score (nSPS) is 17.4. The first-order valence-electron chi connectivity index (χ1n) is 6.89. The van der Waals surface area contributed by atoms with Crippen molar-refractivity contribution >= 4 is 23.4 Å². The van der Waals surface area contributed by atoms with E-state index in [-0.39, 0.29) is 0 Å². The fraction of sp³-hybridized carbons (Fsp3) is 0.600. The molecule has 1 unspecified atom stereocenters. The lowest BCUT2D eigenvalue weighted by Crippen LogP contribution is -2.34. The van der Waals surface area contributed by atoms with Crippen LogP contribution in [0.3, 0.4) is 0 Å².